The van der Waals surface area contributed by atoms with Crippen LogP contribution >= 0.6 is 11.3 Å². The van der Waals surface area contributed by atoms with Crippen molar-refractivity contribution in [3.05, 3.63) is 69.9 Å². The molecule has 3 aromatic rings. The van der Waals surface area contributed by atoms with Crippen molar-refractivity contribution in [2.45, 2.75) is 12.5 Å². The molecular weight excluding hydrogens is 534 g/mol. The summed E-state index contributed by atoms with van der Waals surface area (Å²) in [5.41, 5.74) is 2.22. The molecular formula is C29H33N3O7S. The minimum absolute atomic E-state index is 0.166. The number of hydrogen-bond acceptors (Lipinski definition) is 9. The van der Waals surface area contributed by atoms with E-state index in [9.17, 15) is 9.59 Å². The van der Waals surface area contributed by atoms with E-state index in [4.69, 9.17) is 28.8 Å². The summed E-state index contributed by atoms with van der Waals surface area (Å²) in [6, 6.07) is 14.1. The van der Waals surface area contributed by atoms with Crippen LogP contribution in [0.15, 0.2) is 59.0 Å². The number of ether oxygens (including phenoxy) is 5. The minimum atomic E-state index is -0.449. The van der Waals surface area contributed by atoms with Gasteiger partial charge in [0.25, 0.3) is 11.8 Å². The molecule has 10 nitrogen and oxygen atoms in total. The van der Waals surface area contributed by atoms with E-state index < -0.39 is 6.04 Å². The van der Waals surface area contributed by atoms with Crippen molar-refractivity contribution in [2.24, 2.45) is 5.10 Å². The number of carbonyl (C=O) groups excluding carboxylic acids is 2. The second-order valence-electron chi connectivity index (χ2n) is 8.88. The van der Waals surface area contributed by atoms with Crippen molar-refractivity contribution in [1.82, 2.24) is 9.91 Å². The van der Waals surface area contributed by atoms with Crippen LogP contribution in [0.2, 0.25) is 0 Å². The Balaban J connectivity index is 1.71. The Hall–Kier alpha value is -4.09. The third-order valence-electron chi connectivity index (χ3n) is 6.59. The lowest BCUT2D eigenvalue weighted by Crippen LogP contribution is -2.42. The highest BCUT2D eigenvalue weighted by Gasteiger charge is 2.36. The van der Waals surface area contributed by atoms with Gasteiger partial charge in [-0.15, -0.1) is 11.3 Å². The molecule has 0 radical (unpaired) electrons. The average Bonchev–Trinajstić information content (AvgIpc) is 3.69. The van der Waals surface area contributed by atoms with E-state index in [1.54, 1.807) is 59.8 Å². The molecule has 1 atom stereocenters. The van der Waals surface area contributed by atoms with Gasteiger partial charge in [-0.05, 0) is 41.3 Å². The normalized spacial score (nSPS) is 14.5. The molecule has 0 fully saturated rings. The van der Waals surface area contributed by atoms with Crippen molar-refractivity contribution in [3.63, 3.8) is 0 Å². The van der Waals surface area contributed by atoms with Gasteiger partial charge in [-0.25, -0.2) is 5.01 Å². The Kier molecular flexibility index (Phi) is 9.62. The monoisotopic (exact) mass is 567 g/mol. The molecule has 40 heavy (non-hydrogen) atoms. The van der Waals surface area contributed by atoms with Gasteiger partial charge >= 0.3 is 0 Å². The van der Waals surface area contributed by atoms with Gasteiger partial charge in [-0.1, -0.05) is 12.1 Å². The van der Waals surface area contributed by atoms with Crippen LogP contribution in [0.25, 0.3) is 0 Å². The van der Waals surface area contributed by atoms with Crippen molar-refractivity contribution in [1.29, 1.82) is 0 Å². The summed E-state index contributed by atoms with van der Waals surface area (Å²) < 4.78 is 27.1. The lowest BCUT2D eigenvalue weighted by Gasteiger charge is -2.27. The Morgan fingerprint density at radius 2 is 1.73 bits per heavy atom. The maximum absolute atomic E-state index is 13.9. The summed E-state index contributed by atoms with van der Waals surface area (Å²) in [6.45, 7) is 0.387. The van der Waals surface area contributed by atoms with Crippen LogP contribution in [0.1, 0.15) is 33.3 Å². The summed E-state index contributed by atoms with van der Waals surface area (Å²) in [6.07, 6.45) is 0.418. The number of rotatable bonds is 12. The van der Waals surface area contributed by atoms with Gasteiger partial charge in [0.2, 0.25) is 0 Å². The predicted molar refractivity (Wildman–Crippen MR) is 152 cm³/mol. The van der Waals surface area contributed by atoms with Crippen LogP contribution in [0.3, 0.4) is 0 Å². The van der Waals surface area contributed by atoms with Crippen LogP contribution in [0.5, 0.6) is 23.0 Å². The summed E-state index contributed by atoms with van der Waals surface area (Å²) in [4.78, 5) is 29.1. The summed E-state index contributed by atoms with van der Waals surface area (Å²) in [7, 11) is 7.85. The number of hydrogen-bond donors (Lipinski definition) is 0. The first-order valence-electron chi connectivity index (χ1n) is 12.6. The molecule has 0 N–H and O–H groups in total. The molecule has 212 valence electrons. The molecule has 2 heterocycles. The van der Waals surface area contributed by atoms with Crippen molar-refractivity contribution in [2.75, 3.05) is 55.2 Å². The third-order valence-corrected chi connectivity index (χ3v) is 7.45. The van der Waals surface area contributed by atoms with Crippen LogP contribution in [-0.2, 0) is 9.53 Å². The van der Waals surface area contributed by atoms with Gasteiger partial charge in [0, 0.05) is 31.7 Å². The van der Waals surface area contributed by atoms with Crippen molar-refractivity contribution < 1.29 is 33.3 Å². The molecule has 0 saturated carbocycles. The van der Waals surface area contributed by atoms with E-state index in [0.29, 0.717) is 46.6 Å². The molecule has 0 unspecified atom stereocenters. The summed E-state index contributed by atoms with van der Waals surface area (Å²) in [5.74, 6) is 1.77. The zero-order chi connectivity index (χ0) is 28.6. The highest BCUT2D eigenvalue weighted by molar-refractivity contribution is 7.12. The van der Waals surface area contributed by atoms with E-state index in [2.05, 4.69) is 0 Å². The number of amides is 2. The molecule has 4 rings (SSSR count). The van der Waals surface area contributed by atoms with Crippen molar-refractivity contribution >= 4 is 28.9 Å². The second-order valence-corrected chi connectivity index (χ2v) is 9.83. The number of carbonyl (C=O) groups is 2. The lowest BCUT2D eigenvalue weighted by molar-refractivity contribution is -0.133. The molecule has 1 aromatic heterocycles. The molecule has 0 aliphatic carbocycles. The fourth-order valence-corrected chi connectivity index (χ4v) is 5.20. The number of benzene rings is 2. The standard InChI is InChI=1S/C29H33N3O7S/c1-35-13-12-31(29(34)27-7-6-14-40-27)18-28(33)32-23(19-8-11-24(37-3)26(15-19)39-5)17-22(30-32)21-10-9-20(36-2)16-25(21)38-4/h6-11,14-16,23H,12-13,17-18H2,1-5H3/t23-/m1/s1. The number of thiophene rings is 1. The lowest BCUT2D eigenvalue weighted by atomic mass is 9.97. The first-order valence-corrected chi connectivity index (χ1v) is 13.5. The Morgan fingerprint density at radius 3 is 2.38 bits per heavy atom. The zero-order valence-electron chi connectivity index (χ0n) is 23.2. The molecule has 2 amide bonds. The molecule has 1 aliphatic rings. The average molecular weight is 568 g/mol. The van der Waals surface area contributed by atoms with E-state index >= 15 is 0 Å². The summed E-state index contributed by atoms with van der Waals surface area (Å²) in [5, 5.41) is 8.05. The zero-order valence-corrected chi connectivity index (χ0v) is 24.0. The van der Waals surface area contributed by atoms with Gasteiger partial charge in [0.15, 0.2) is 11.5 Å². The van der Waals surface area contributed by atoms with Crippen LogP contribution < -0.4 is 18.9 Å². The van der Waals surface area contributed by atoms with Crippen molar-refractivity contribution in [3.8, 4) is 23.0 Å². The first-order chi connectivity index (χ1) is 19.4. The van der Waals surface area contributed by atoms with E-state index in [-0.39, 0.29) is 24.9 Å². The van der Waals surface area contributed by atoms with E-state index in [0.717, 1.165) is 11.1 Å². The van der Waals surface area contributed by atoms with Crippen LogP contribution in [0, 0.1) is 0 Å². The van der Waals surface area contributed by atoms with Crippen LogP contribution in [0.4, 0.5) is 0 Å². The first kappa shape index (κ1) is 28.9. The highest BCUT2D eigenvalue weighted by atomic mass is 32.1. The number of methoxy groups -OCH3 is 5. The number of hydrazone groups is 1. The SMILES string of the molecule is COCCN(CC(=O)N1N=C(c2ccc(OC)cc2OC)C[C@@H]1c1ccc(OC)c(OC)c1)C(=O)c1cccs1. The predicted octanol–water partition coefficient (Wildman–Crippen LogP) is 4.25. The minimum Gasteiger partial charge on any atom is -0.497 e. The van der Waals surface area contributed by atoms with E-state index in [1.165, 1.54) is 21.2 Å². The molecule has 2 aromatic carbocycles. The van der Waals surface area contributed by atoms with E-state index in [1.807, 2.05) is 29.6 Å². The third kappa shape index (κ3) is 6.21. The topological polar surface area (TPSA) is 99.1 Å². The highest BCUT2D eigenvalue weighted by Crippen LogP contribution is 2.39. The molecule has 11 heteroatoms. The molecule has 1 aliphatic heterocycles. The number of nitrogens with zero attached hydrogens (tertiary/aromatic N) is 3. The van der Waals surface area contributed by atoms with Gasteiger partial charge < -0.3 is 28.6 Å². The largest absolute Gasteiger partial charge is 0.497 e. The quantitative estimate of drug-likeness (QED) is 0.323. The Bertz CT molecular complexity index is 1360. The van der Waals surface area contributed by atoms with Gasteiger partial charge in [0.05, 0.1) is 51.7 Å². The fraction of sp³-hybridized carbons (Fsp3) is 0.345. The Labute approximate surface area is 237 Å². The Morgan fingerprint density at radius 1 is 0.950 bits per heavy atom. The van der Waals surface area contributed by atoms with Gasteiger partial charge in [-0.2, -0.15) is 5.10 Å². The van der Waals surface area contributed by atoms with Gasteiger partial charge in [-0.3, -0.25) is 9.59 Å². The second kappa shape index (κ2) is 13.3. The maximum atomic E-state index is 13.9. The summed E-state index contributed by atoms with van der Waals surface area (Å²) >= 11 is 1.33. The van der Waals surface area contributed by atoms with Crippen LogP contribution in [-0.4, -0.2) is 82.7 Å². The molecule has 0 spiro atoms. The maximum Gasteiger partial charge on any atom is 0.264 e. The molecule has 0 saturated heterocycles. The van der Waals surface area contributed by atoms with Gasteiger partial charge in [0.1, 0.15) is 18.0 Å². The smallest absolute Gasteiger partial charge is 0.264 e. The fourth-order valence-electron chi connectivity index (χ4n) is 4.51. The molecule has 0 bridgehead atoms.